The predicted octanol–water partition coefficient (Wildman–Crippen LogP) is 4.75. The number of urea groups is 1. The van der Waals surface area contributed by atoms with Crippen LogP contribution >= 0.6 is 11.3 Å². The van der Waals surface area contributed by atoms with Crippen molar-refractivity contribution in [1.82, 2.24) is 24.8 Å². The van der Waals surface area contributed by atoms with E-state index in [1.807, 2.05) is 30.2 Å². The number of piperazine rings is 1. The summed E-state index contributed by atoms with van der Waals surface area (Å²) >= 11 is 1.62. The summed E-state index contributed by atoms with van der Waals surface area (Å²) in [5.74, 6) is 0.998. The second-order valence-corrected chi connectivity index (χ2v) is 11.5. The van der Waals surface area contributed by atoms with E-state index in [-0.39, 0.29) is 11.6 Å². The predicted molar refractivity (Wildman–Crippen MR) is 139 cm³/mol. The van der Waals surface area contributed by atoms with Gasteiger partial charge in [0.2, 0.25) is 10.1 Å². The van der Waals surface area contributed by atoms with Crippen molar-refractivity contribution in [2.75, 3.05) is 36.4 Å². The lowest BCUT2D eigenvalue weighted by Crippen LogP contribution is -2.55. The van der Waals surface area contributed by atoms with Crippen LogP contribution in [0, 0.1) is 6.92 Å². The van der Waals surface area contributed by atoms with Gasteiger partial charge in [-0.25, -0.2) is 9.78 Å². The third-order valence-corrected chi connectivity index (χ3v) is 7.47. The third-order valence-electron chi connectivity index (χ3n) is 6.50. The van der Waals surface area contributed by atoms with Crippen molar-refractivity contribution < 1.29 is 4.79 Å². The lowest BCUT2D eigenvalue weighted by Gasteiger charge is -2.36. The average molecular weight is 482 g/mol. The highest BCUT2D eigenvalue weighted by atomic mass is 32.1. The molecule has 1 saturated carbocycles. The first kappa shape index (κ1) is 23.0. The number of anilines is 2. The standard InChI is InChI=1S/C25H35N7OS/c1-17-8-7-9-18(16-17)20-21(26-19-10-5-6-11-19)32-23(27-20)34-24(29-32)31-14-12-30(13-15-31)22(33)28-25(2,3)4/h7-9,16,19,26H,5-6,10-15H2,1-4H3,(H,28,33). The molecule has 5 rings (SSSR count). The maximum Gasteiger partial charge on any atom is 0.317 e. The van der Waals surface area contributed by atoms with Gasteiger partial charge < -0.3 is 20.4 Å². The number of carbonyl (C=O) groups excluding carboxylic acids is 1. The topological polar surface area (TPSA) is 77.8 Å². The molecule has 3 heterocycles. The average Bonchev–Trinajstić information content (AvgIpc) is 3.51. The number of nitrogens with one attached hydrogen (secondary N) is 2. The van der Waals surface area contributed by atoms with Gasteiger partial charge in [-0.3, -0.25) is 0 Å². The van der Waals surface area contributed by atoms with E-state index in [2.05, 4.69) is 46.7 Å². The summed E-state index contributed by atoms with van der Waals surface area (Å²) in [7, 11) is 0. The molecule has 182 valence electrons. The number of carbonyl (C=O) groups is 1. The summed E-state index contributed by atoms with van der Waals surface area (Å²) in [6.07, 6.45) is 4.93. The van der Waals surface area contributed by atoms with Crippen molar-refractivity contribution in [3.8, 4) is 11.3 Å². The molecule has 9 heteroatoms. The largest absolute Gasteiger partial charge is 0.365 e. The fraction of sp³-hybridized carbons (Fsp3) is 0.560. The molecule has 0 radical (unpaired) electrons. The van der Waals surface area contributed by atoms with Gasteiger partial charge in [0.15, 0.2) is 5.82 Å². The van der Waals surface area contributed by atoms with Crippen molar-refractivity contribution in [3.63, 3.8) is 0 Å². The Hall–Kier alpha value is -2.81. The van der Waals surface area contributed by atoms with Gasteiger partial charge in [0.25, 0.3) is 0 Å². The van der Waals surface area contributed by atoms with Crippen molar-refractivity contribution in [2.45, 2.75) is 65.0 Å². The van der Waals surface area contributed by atoms with Crippen LogP contribution in [0.1, 0.15) is 52.0 Å². The van der Waals surface area contributed by atoms with E-state index in [0.29, 0.717) is 19.1 Å². The number of rotatable bonds is 4. The highest BCUT2D eigenvalue weighted by molar-refractivity contribution is 7.20. The molecule has 2 fully saturated rings. The van der Waals surface area contributed by atoms with Crippen LogP contribution < -0.4 is 15.5 Å². The Morgan fingerprint density at radius 1 is 1.12 bits per heavy atom. The van der Waals surface area contributed by atoms with Gasteiger partial charge in [-0.15, -0.1) is 5.10 Å². The van der Waals surface area contributed by atoms with Gasteiger partial charge >= 0.3 is 6.03 Å². The Labute approximate surface area is 205 Å². The van der Waals surface area contributed by atoms with Crippen LogP contribution in [0.2, 0.25) is 0 Å². The zero-order valence-corrected chi connectivity index (χ0v) is 21.4. The second-order valence-electron chi connectivity index (χ2n) is 10.5. The second kappa shape index (κ2) is 9.09. The smallest absolute Gasteiger partial charge is 0.317 e. The lowest BCUT2D eigenvalue weighted by atomic mass is 10.1. The van der Waals surface area contributed by atoms with Crippen LogP contribution in [0.15, 0.2) is 24.3 Å². The van der Waals surface area contributed by atoms with E-state index >= 15 is 0 Å². The number of nitrogens with zero attached hydrogens (tertiary/aromatic N) is 5. The Bertz CT molecular complexity index is 1160. The van der Waals surface area contributed by atoms with Gasteiger partial charge in [0.1, 0.15) is 5.69 Å². The van der Waals surface area contributed by atoms with Crippen LogP contribution in [-0.2, 0) is 0 Å². The van der Waals surface area contributed by atoms with E-state index < -0.39 is 0 Å². The first-order valence-corrected chi connectivity index (χ1v) is 13.1. The number of amides is 2. The van der Waals surface area contributed by atoms with E-state index in [4.69, 9.17) is 10.1 Å². The van der Waals surface area contributed by atoms with Crippen molar-refractivity contribution in [3.05, 3.63) is 29.8 Å². The quantitative estimate of drug-likeness (QED) is 0.562. The first-order chi connectivity index (χ1) is 16.3. The minimum atomic E-state index is -0.230. The molecule has 2 amide bonds. The third kappa shape index (κ3) is 4.85. The number of fused-ring (bicyclic) bond motifs is 1. The molecule has 1 aromatic carbocycles. The van der Waals surface area contributed by atoms with E-state index in [9.17, 15) is 4.79 Å². The van der Waals surface area contributed by atoms with E-state index in [1.54, 1.807) is 11.3 Å². The Balaban J connectivity index is 1.38. The molecule has 0 spiro atoms. The van der Waals surface area contributed by atoms with Crippen LogP contribution in [0.25, 0.3) is 16.2 Å². The Kier molecular flexibility index (Phi) is 6.14. The molecule has 2 aliphatic rings. The number of imidazole rings is 1. The minimum Gasteiger partial charge on any atom is -0.365 e. The Morgan fingerprint density at radius 3 is 2.53 bits per heavy atom. The molecular weight excluding hydrogens is 446 g/mol. The van der Waals surface area contributed by atoms with Crippen LogP contribution in [0.5, 0.6) is 0 Å². The summed E-state index contributed by atoms with van der Waals surface area (Å²) in [5, 5.41) is 12.8. The fourth-order valence-corrected chi connectivity index (χ4v) is 5.71. The molecule has 1 aliphatic carbocycles. The molecule has 3 aromatic rings. The summed E-state index contributed by atoms with van der Waals surface area (Å²) in [4.78, 5) is 22.6. The molecule has 2 N–H and O–H groups in total. The maximum atomic E-state index is 12.5. The molecule has 0 unspecified atom stereocenters. The monoisotopic (exact) mass is 481 g/mol. The van der Waals surface area contributed by atoms with Crippen LogP contribution in [0.4, 0.5) is 15.7 Å². The zero-order valence-electron chi connectivity index (χ0n) is 20.6. The fourth-order valence-electron chi connectivity index (χ4n) is 4.75. The van der Waals surface area contributed by atoms with Gasteiger partial charge in [-0.05, 0) is 46.6 Å². The highest BCUT2D eigenvalue weighted by Gasteiger charge is 2.27. The van der Waals surface area contributed by atoms with Gasteiger partial charge in [-0.1, -0.05) is 47.9 Å². The van der Waals surface area contributed by atoms with Gasteiger partial charge in [-0.2, -0.15) is 4.52 Å². The van der Waals surface area contributed by atoms with E-state index in [1.165, 1.54) is 31.2 Å². The van der Waals surface area contributed by atoms with Gasteiger partial charge in [0.05, 0.1) is 0 Å². The van der Waals surface area contributed by atoms with Crippen molar-refractivity contribution >= 4 is 33.3 Å². The van der Waals surface area contributed by atoms with Crippen LogP contribution in [0.3, 0.4) is 0 Å². The molecule has 34 heavy (non-hydrogen) atoms. The normalized spacial score (nSPS) is 17.5. The number of aromatic nitrogens is 3. The Morgan fingerprint density at radius 2 is 1.85 bits per heavy atom. The number of benzene rings is 1. The van der Waals surface area contributed by atoms with Gasteiger partial charge in [0, 0.05) is 43.3 Å². The minimum absolute atomic E-state index is 0.00642. The number of hydrogen-bond acceptors (Lipinski definition) is 6. The summed E-state index contributed by atoms with van der Waals surface area (Å²) < 4.78 is 1.99. The molecule has 1 saturated heterocycles. The highest BCUT2D eigenvalue weighted by Crippen LogP contribution is 2.35. The van der Waals surface area contributed by atoms with Crippen molar-refractivity contribution in [1.29, 1.82) is 0 Å². The molecule has 1 aliphatic heterocycles. The van der Waals surface area contributed by atoms with Crippen LogP contribution in [-0.4, -0.2) is 63.3 Å². The molecule has 0 bridgehead atoms. The number of hydrogen-bond donors (Lipinski definition) is 2. The number of aryl methyl sites for hydroxylation is 1. The molecule has 2 aromatic heterocycles. The van der Waals surface area contributed by atoms with E-state index in [0.717, 1.165) is 40.3 Å². The summed E-state index contributed by atoms with van der Waals surface area (Å²) in [6, 6.07) is 9.00. The first-order valence-electron chi connectivity index (χ1n) is 12.3. The lowest BCUT2D eigenvalue weighted by molar-refractivity contribution is 0.185. The molecule has 0 atom stereocenters. The zero-order chi connectivity index (χ0) is 23.9. The molecule has 8 nitrogen and oxygen atoms in total. The summed E-state index contributed by atoms with van der Waals surface area (Å²) in [5.41, 5.74) is 3.09. The SMILES string of the molecule is Cc1cccc(-c2nc3sc(N4CCN(C(=O)NC(C)(C)C)CC4)nn3c2NC2CCCC2)c1. The molecular formula is C25H35N7OS. The van der Waals surface area contributed by atoms with Crippen molar-refractivity contribution in [2.24, 2.45) is 0 Å². The summed E-state index contributed by atoms with van der Waals surface area (Å²) in [6.45, 7) is 11.0. The maximum absolute atomic E-state index is 12.5.